The van der Waals surface area contributed by atoms with Crippen LogP contribution in [0.15, 0.2) is 54.6 Å². The maximum absolute atomic E-state index is 14.0. The zero-order chi connectivity index (χ0) is 29.9. The van der Waals surface area contributed by atoms with Gasteiger partial charge in [0.25, 0.3) is 0 Å². The summed E-state index contributed by atoms with van der Waals surface area (Å²) in [6.07, 6.45) is 4.01. The van der Waals surface area contributed by atoms with Gasteiger partial charge in [-0.05, 0) is 62.3 Å². The summed E-state index contributed by atoms with van der Waals surface area (Å²) in [4.78, 5) is 67.4. The molecule has 2 aliphatic heterocycles. The molecule has 0 aliphatic carbocycles. The molecule has 224 valence electrons. The highest BCUT2D eigenvalue weighted by molar-refractivity contribution is 5.97. The standard InChI is InChI=1S/C32H40N4O6/c1-2-42-24-16-14-23(15-17-24)20-26-30(39)35-27(21-22-10-4-3-5-11-22)32(41)36-18-8-6-13-28(36)31(40)33-25(29(38)34-26)12-7-9-19-37/h3-5,10-11,14-17,19,25-28H,2,6-9,12-13,18,20-21H2,1H3,(H,33,40)(H,34,38)(H,35,39)/t25-,26-,27-,28+/m0/s1. The fourth-order valence-electron chi connectivity index (χ4n) is 5.54. The molecule has 2 aromatic rings. The number of hydrogen-bond donors (Lipinski definition) is 3. The van der Waals surface area contributed by atoms with Crippen molar-refractivity contribution in [2.75, 3.05) is 13.2 Å². The molecule has 4 atom stereocenters. The molecule has 0 aromatic heterocycles. The minimum absolute atomic E-state index is 0.164. The molecule has 42 heavy (non-hydrogen) atoms. The second-order valence-corrected chi connectivity index (χ2v) is 10.8. The topological polar surface area (TPSA) is 134 Å². The van der Waals surface area contributed by atoms with Gasteiger partial charge in [0.1, 0.15) is 36.2 Å². The van der Waals surface area contributed by atoms with Crippen LogP contribution in [0, 0.1) is 0 Å². The van der Waals surface area contributed by atoms with Gasteiger partial charge in [-0.15, -0.1) is 0 Å². The first-order chi connectivity index (χ1) is 20.4. The van der Waals surface area contributed by atoms with E-state index in [9.17, 15) is 24.0 Å². The Morgan fingerprint density at radius 3 is 2.17 bits per heavy atom. The van der Waals surface area contributed by atoms with E-state index in [0.29, 0.717) is 31.7 Å². The highest BCUT2D eigenvalue weighted by Crippen LogP contribution is 2.21. The van der Waals surface area contributed by atoms with Crippen molar-refractivity contribution in [3.05, 3.63) is 65.7 Å². The summed E-state index contributed by atoms with van der Waals surface area (Å²) in [5.74, 6) is -1.03. The molecular weight excluding hydrogens is 536 g/mol. The number of fused-ring (bicyclic) bond motifs is 1. The van der Waals surface area contributed by atoms with Crippen molar-refractivity contribution in [3.63, 3.8) is 0 Å². The van der Waals surface area contributed by atoms with Gasteiger partial charge in [-0.3, -0.25) is 19.2 Å². The van der Waals surface area contributed by atoms with Crippen LogP contribution in [0.3, 0.4) is 0 Å². The highest BCUT2D eigenvalue weighted by atomic mass is 16.5. The lowest BCUT2D eigenvalue weighted by atomic mass is 9.96. The Bertz CT molecular complexity index is 1240. The van der Waals surface area contributed by atoms with Crippen molar-refractivity contribution in [2.45, 2.75) is 82.5 Å². The van der Waals surface area contributed by atoms with E-state index < -0.39 is 41.9 Å². The van der Waals surface area contributed by atoms with Gasteiger partial charge >= 0.3 is 0 Å². The lowest BCUT2D eigenvalue weighted by Gasteiger charge is -2.38. The fraction of sp³-hybridized carbons (Fsp3) is 0.469. The van der Waals surface area contributed by atoms with Crippen LogP contribution in [0.4, 0.5) is 0 Å². The van der Waals surface area contributed by atoms with Gasteiger partial charge in [-0.1, -0.05) is 42.5 Å². The number of nitrogens with one attached hydrogen (secondary N) is 3. The number of carbonyl (C=O) groups is 5. The molecule has 10 heteroatoms. The summed E-state index contributed by atoms with van der Waals surface area (Å²) in [5, 5.41) is 8.59. The minimum atomic E-state index is -1.01. The largest absolute Gasteiger partial charge is 0.494 e. The van der Waals surface area contributed by atoms with Gasteiger partial charge < -0.3 is 30.4 Å². The van der Waals surface area contributed by atoms with E-state index in [1.165, 1.54) is 0 Å². The monoisotopic (exact) mass is 576 g/mol. The first-order valence-electron chi connectivity index (χ1n) is 14.8. The Kier molecular flexibility index (Phi) is 11.1. The number of piperidine rings is 1. The Labute approximate surface area is 246 Å². The molecule has 2 fully saturated rings. The van der Waals surface area contributed by atoms with Crippen LogP contribution >= 0.6 is 0 Å². The number of hydrogen-bond acceptors (Lipinski definition) is 6. The highest BCUT2D eigenvalue weighted by Gasteiger charge is 2.39. The molecule has 4 rings (SSSR count). The van der Waals surface area contributed by atoms with E-state index in [0.717, 1.165) is 30.3 Å². The van der Waals surface area contributed by atoms with Crippen LogP contribution in [0.2, 0.25) is 0 Å². The van der Waals surface area contributed by atoms with Crippen molar-refractivity contribution in [1.82, 2.24) is 20.9 Å². The molecule has 3 N–H and O–H groups in total. The van der Waals surface area contributed by atoms with Crippen LogP contribution < -0.4 is 20.7 Å². The van der Waals surface area contributed by atoms with E-state index in [2.05, 4.69) is 16.0 Å². The smallest absolute Gasteiger partial charge is 0.246 e. The Hall–Kier alpha value is -4.21. The summed E-state index contributed by atoms with van der Waals surface area (Å²) < 4.78 is 5.52. The van der Waals surface area contributed by atoms with Gasteiger partial charge in [0, 0.05) is 25.8 Å². The third kappa shape index (κ3) is 8.18. The zero-order valence-corrected chi connectivity index (χ0v) is 24.1. The average Bonchev–Trinajstić information content (AvgIpc) is 3.00. The molecule has 2 aliphatic rings. The van der Waals surface area contributed by atoms with Gasteiger partial charge in [-0.2, -0.15) is 0 Å². The molecule has 0 saturated carbocycles. The maximum Gasteiger partial charge on any atom is 0.246 e. The van der Waals surface area contributed by atoms with Gasteiger partial charge in [0.05, 0.1) is 6.61 Å². The van der Waals surface area contributed by atoms with Crippen LogP contribution in [-0.2, 0) is 36.8 Å². The van der Waals surface area contributed by atoms with Crippen molar-refractivity contribution >= 4 is 29.9 Å². The van der Waals surface area contributed by atoms with Gasteiger partial charge in [0.2, 0.25) is 23.6 Å². The van der Waals surface area contributed by atoms with Crippen molar-refractivity contribution in [1.29, 1.82) is 0 Å². The third-order valence-corrected chi connectivity index (χ3v) is 7.74. The number of ether oxygens (including phenoxy) is 1. The Morgan fingerprint density at radius 1 is 0.810 bits per heavy atom. The van der Waals surface area contributed by atoms with Crippen LogP contribution in [0.25, 0.3) is 0 Å². The summed E-state index contributed by atoms with van der Waals surface area (Å²) in [7, 11) is 0. The molecule has 10 nitrogen and oxygen atoms in total. The quantitative estimate of drug-likeness (QED) is 0.293. The molecule has 4 amide bonds. The maximum atomic E-state index is 14.0. The lowest BCUT2D eigenvalue weighted by molar-refractivity contribution is -0.146. The number of aldehydes is 1. The van der Waals surface area contributed by atoms with E-state index in [1.807, 2.05) is 49.4 Å². The van der Waals surface area contributed by atoms with E-state index in [4.69, 9.17) is 4.74 Å². The first kappa shape index (κ1) is 30.7. The lowest BCUT2D eigenvalue weighted by Crippen LogP contribution is -2.63. The Morgan fingerprint density at radius 2 is 1.45 bits per heavy atom. The molecule has 2 aromatic carbocycles. The number of rotatable bonds is 10. The van der Waals surface area contributed by atoms with Crippen LogP contribution in [0.1, 0.15) is 56.6 Å². The van der Waals surface area contributed by atoms with Crippen LogP contribution in [0.5, 0.6) is 5.75 Å². The summed E-state index contributed by atoms with van der Waals surface area (Å²) in [6.45, 7) is 2.80. The molecule has 0 spiro atoms. The predicted octanol–water partition coefficient (Wildman–Crippen LogP) is 2.09. The fourth-order valence-corrected chi connectivity index (χ4v) is 5.54. The SMILES string of the molecule is CCOc1ccc(C[C@@H]2NC(=O)[C@H](CCCC=O)NC(=O)[C@H]3CCCCN3C(=O)[C@H](Cc3ccccc3)NC2=O)cc1. The summed E-state index contributed by atoms with van der Waals surface area (Å²) in [6, 6.07) is 13.0. The number of unbranched alkanes of at least 4 members (excludes halogenated alkanes) is 1. The van der Waals surface area contributed by atoms with Crippen molar-refractivity contribution in [3.8, 4) is 5.75 Å². The number of amides is 4. The second-order valence-electron chi connectivity index (χ2n) is 10.8. The third-order valence-electron chi connectivity index (χ3n) is 7.74. The first-order valence-corrected chi connectivity index (χ1v) is 14.8. The number of carbonyl (C=O) groups excluding carboxylic acids is 5. The number of benzene rings is 2. The normalized spacial score (nSPS) is 23.4. The number of nitrogens with zero attached hydrogens (tertiary/aromatic N) is 1. The Balaban J connectivity index is 1.67. The van der Waals surface area contributed by atoms with Crippen LogP contribution in [-0.4, -0.2) is 72.1 Å². The molecule has 2 heterocycles. The van der Waals surface area contributed by atoms with Crippen molar-refractivity contribution in [2.24, 2.45) is 0 Å². The molecular formula is C32H40N4O6. The van der Waals surface area contributed by atoms with E-state index in [-0.39, 0.29) is 31.6 Å². The zero-order valence-electron chi connectivity index (χ0n) is 24.1. The van der Waals surface area contributed by atoms with E-state index in [1.54, 1.807) is 17.0 Å². The van der Waals surface area contributed by atoms with Gasteiger partial charge in [0.15, 0.2) is 0 Å². The molecule has 0 bridgehead atoms. The van der Waals surface area contributed by atoms with Gasteiger partial charge in [-0.25, -0.2) is 0 Å². The molecule has 0 radical (unpaired) electrons. The van der Waals surface area contributed by atoms with Crippen molar-refractivity contribution < 1.29 is 28.7 Å². The second kappa shape index (κ2) is 15.1. The minimum Gasteiger partial charge on any atom is -0.494 e. The predicted molar refractivity (Wildman–Crippen MR) is 157 cm³/mol. The molecule has 0 unspecified atom stereocenters. The molecule has 2 saturated heterocycles. The van der Waals surface area contributed by atoms with E-state index >= 15 is 0 Å². The summed E-state index contributed by atoms with van der Waals surface area (Å²) in [5.41, 5.74) is 1.65. The summed E-state index contributed by atoms with van der Waals surface area (Å²) >= 11 is 0. The average molecular weight is 577 g/mol.